The number of hydrogen-bond acceptors (Lipinski definition) is 6. The summed E-state index contributed by atoms with van der Waals surface area (Å²) >= 11 is 1.62. The molecule has 1 aromatic rings. The highest BCUT2D eigenvalue weighted by atomic mass is 32.2. The molecule has 1 aromatic carbocycles. The van der Waals surface area contributed by atoms with Gasteiger partial charge < -0.3 is 20.1 Å². The molecule has 3 heterocycles. The Labute approximate surface area is 212 Å². The first-order chi connectivity index (χ1) is 16.6. The fourth-order valence-corrected chi connectivity index (χ4v) is 9.04. The Morgan fingerprint density at radius 2 is 1.94 bits per heavy atom. The van der Waals surface area contributed by atoms with E-state index in [1.54, 1.807) is 23.6 Å². The van der Waals surface area contributed by atoms with Crippen molar-refractivity contribution in [1.82, 2.24) is 4.90 Å². The van der Waals surface area contributed by atoms with Crippen LogP contribution in [0.1, 0.15) is 51.7 Å². The fourth-order valence-electron chi connectivity index (χ4n) is 6.64. The average molecular weight is 503 g/mol. The minimum absolute atomic E-state index is 0.00627. The second kappa shape index (κ2) is 9.77. The van der Waals surface area contributed by atoms with Gasteiger partial charge in [0.15, 0.2) is 0 Å². The van der Waals surface area contributed by atoms with E-state index in [1.165, 1.54) is 0 Å². The fraction of sp³-hybridized carbons (Fsp3) is 0.667. The van der Waals surface area contributed by atoms with Crippen molar-refractivity contribution in [2.75, 3.05) is 18.5 Å². The highest BCUT2D eigenvalue weighted by Gasteiger charge is 2.77. The van der Waals surface area contributed by atoms with Crippen LogP contribution in [0.5, 0.6) is 0 Å². The molecular formula is C27H38N2O5S. The van der Waals surface area contributed by atoms with Gasteiger partial charge in [-0.3, -0.25) is 14.4 Å². The van der Waals surface area contributed by atoms with Crippen LogP contribution >= 0.6 is 11.8 Å². The number of fused-ring (bicyclic) bond motifs is 1. The van der Waals surface area contributed by atoms with Crippen molar-refractivity contribution < 1.29 is 24.2 Å². The zero-order valence-corrected chi connectivity index (χ0v) is 22.4. The number of aliphatic hydroxyl groups excluding tert-OH is 1. The van der Waals surface area contributed by atoms with E-state index in [0.29, 0.717) is 0 Å². The maximum atomic E-state index is 14.2. The van der Waals surface area contributed by atoms with Crippen LogP contribution < -0.4 is 5.32 Å². The predicted octanol–water partition coefficient (Wildman–Crippen LogP) is 3.55. The van der Waals surface area contributed by atoms with Gasteiger partial charge in [0.1, 0.15) is 6.04 Å². The van der Waals surface area contributed by atoms with Crippen LogP contribution in [-0.4, -0.2) is 63.1 Å². The van der Waals surface area contributed by atoms with E-state index in [-0.39, 0.29) is 48.1 Å². The number of esters is 1. The summed E-state index contributed by atoms with van der Waals surface area (Å²) in [6.07, 6.45) is 1.51. The van der Waals surface area contributed by atoms with E-state index in [2.05, 4.69) is 12.2 Å². The lowest BCUT2D eigenvalue weighted by Crippen LogP contribution is -2.58. The lowest BCUT2D eigenvalue weighted by atomic mass is 9.66. The predicted molar refractivity (Wildman–Crippen MR) is 137 cm³/mol. The average Bonchev–Trinajstić information content (AvgIpc) is 3.41. The molecule has 7 nitrogen and oxygen atoms in total. The summed E-state index contributed by atoms with van der Waals surface area (Å²) in [5.41, 5.74) is 2.65. The number of nitrogens with one attached hydrogen (secondary N) is 1. The highest BCUT2D eigenvalue weighted by molar-refractivity contribution is 8.02. The van der Waals surface area contributed by atoms with Gasteiger partial charge in [-0.1, -0.05) is 45.4 Å². The number of para-hydroxylation sites is 1. The van der Waals surface area contributed by atoms with Gasteiger partial charge in [-0.2, -0.15) is 0 Å². The summed E-state index contributed by atoms with van der Waals surface area (Å²) in [4.78, 5) is 43.0. The Kier molecular flexibility index (Phi) is 7.26. The second-order valence-electron chi connectivity index (χ2n) is 10.4. The number of nitrogens with zero attached hydrogens (tertiary/aromatic N) is 1. The number of likely N-dealkylation sites (tertiary alicyclic amines) is 1. The van der Waals surface area contributed by atoms with Gasteiger partial charge in [-0.15, -0.1) is 11.8 Å². The van der Waals surface area contributed by atoms with E-state index < -0.39 is 28.7 Å². The third kappa shape index (κ3) is 3.88. The first kappa shape index (κ1) is 26.0. The number of thioether (sulfide) groups is 1. The molecule has 3 aliphatic rings. The lowest BCUT2D eigenvalue weighted by Gasteiger charge is -2.41. The number of hydrogen-bond donors (Lipinski definition) is 2. The summed E-state index contributed by atoms with van der Waals surface area (Å²) in [5.74, 6) is -1.94. The maximum Gasteiger partial charge on any atom is 0.310 e. The molecule has 35 heavy (non-hydrogen) atoms. The maximum absolute atomic E-state index is 14.2. The van der Waals surface area contributed by atoms with Crippen molar-refractivity contribution in [2.45, 2.75) is 76.5 Å². The third-order valence-electron chi connectivity index (χ3n) is 8.56. The van der Waals surface area contributed by atoms with Crippen LogP contribution in [0, 0.1) is 37.5 Å². The standard InChI is InChI=1S/C27H38N2O5S/c1-7-14(3)18(13-30)29-23(24(31)28-22-15(4)10-9-11-16(22)5)27-17(6)12-19(35-27)20(21(27)25(29)32)26(33)34-8-2/h9-11,14,17-21,23,30H,7-8,12-13H2,1-6H3,(H,28,31)/t14-,17?,18-,19-,20+,21-,23?,27?/m0/s1. The van der Waals surface area contributed by atoms with E-state index in [9.17, 15) is 19.5 Å². The summed E-state index contributed by atoms with van der Waals surface area (Å²) in [7, 11) is 0. The largest absolute Gasteiger partial charge is 0.466 e. The van der Waals surface area contributed by atoms with Crippen LogP contribution in [0.15, 0.2) is 18.2 Å². The number of anilines is 1. The van der Waals surface area contributed by atoms with Gasteiger partial charge in [0.25, 0.3) is 0 Å². The third-order valence-corrected chi connectivity index (χ3v) is 10.6. The van der Waals surface area contributed by atoms with Crippen LogP contribution in [0.25, 0.3) is 0 Å². The van der Waals surface area contributed by atoms with Gasteiger partial charge in [0.2, 0.25) is 11.8 Å². The van der Waals surface area contributed by atoms with Crippen LogP contribution in [0.3, 0.4) is 0 Å². The van der Waals surface area contributed by atoms with Crippen molar-refractivity contribution in [3.05, 3.63) is 29.3 Å². The number of amides is 2. The van der Waals surface area contributed by atoms with Crippen molar-refractivity contribution >= 4 is 35.2 Å². The van der Waals surface area contributed by atoms with Gasteiger partial charge in [0.05, 0.1) is 35.8 Å². The van der Waals surface area contributed by atoms with E-state index in [1.807, 2.05) is 45.9 Å². The number of rotatable bonds is 8. The van der Waals surface area contributed by atoms with Gasteiger partial charge in [-0.05, 0) is 50.2 Å². The number of carbonyl (C=O) groups is 3. The van der Waals surface area contributed by atoms with Gasteiger partial charge >= 0.3 is 5.97 Å². The van der Waals surface area contributed by atoms with Crippen molar-refractivity contribution in [3.63, 3.8) is 0 Å². The van der Waals surface area contributed by atoms with E-state index in [0.717, 1.165) is 29.7 Å². The zero-order chi connectivity index (χ0) is 25.7. The molecule has 2 bridgehead atoms. The smallest absolute Gasteiger partial charge is 0.310 e. The quantitative estimate of drug-likeness (QED) is 0.528. The Morgan fingerprint density at radius 1 is 1.29 bits per heavy atom. The molecule has 3 unspecified atom stereocenters. The molecule has 4 rings (SSSR count). The monoisotopic (exact) mass is 502 g/mol. The molecule has 2 amide bonds. The summed E-state index contributed by atoms with van der Waals surface area (Å²) < 4.78 is 4.67. The number of aryl methyl sites for hydroxylation is 2. The molecule has 0 saturated carbocycles. The summed E-state index contributed by atoms with van der Waals surface area (Å²) in [6.45, 7) is 11.8. The topological polar surface area (TPSA) is 95.9 Å². The first-order valence-corrected chi connectivity index (χ1v) is 13.7. The summed E-state index contributed by atoms with van der Waals surface area (Å²) in [6, 6.07) is 4.56. The Morgan fingerprint density at radius 3 is 2.51 bits per heavy atom. The van der Waals surface area contributed by atoms with Crippen LogP contribution in [0.4, 0.5) is 5.69 Å². The molecule has 3 saturated heterocycles. The molecule has 0 aliphatic carbocycles. The van der Waals surface area contributed by atoms with Gasteiger partial charge in [0, 0.05) is 10.9 Å². The first-order valence-electron chi connectivity index (χ1n) is 12.8. The Balaban J connectivity index is 1.83. The molecule has 192 valence electrons. The Hall–Kier alpha value is -2.06. The number of benzene rings is 1. The highest BCUT2D eigenvalue weighted by Crippen LogP contribution is 2.69. The lowest BCUT2D eigenvalue weighted by molar-refractivity contribution is -0.154. The molecule has 8 atom stereocenters. The van der Waals surface area contributed by atoms with Crippen molar-refractivity contribution in [3.8, 4) is 0 Å². The van der Waals surface area contributed by atoms with Crippen LogP contribution in [0.2, 0.25) is 0 Å². The van der Waals surface area contributed by atoms with Crippen LogP contribution in [-0.2, 0) is 19.1 Å². The number of aliphatic hydroxyl groups is 1. The molecule has 0 aromatic heterocycles. The molecular weight excluding hydrogens is 464 g/mol. The molecule has 0 radical (unpaired) electrons. The van der Waals surface area contributed by atoms with Crippen molar-refractivity contribution in [1.29, 1.82) is 0 Å². The molecule has 3 fully saturated rings. The SMILES string of the molecule is CCOC(=O)[C@@H]1[C@@H]2CC(C)C3(S2)C(C(=O)Nc2c(C)cccc2C)N([C@@H](CO)[C@@H](C)CC)C(=O)[C@H]13. The molecule has 1 spiro atoms. The van der Waals surface area contributed by atoms with E-state index >= 15 is 0 Å². The second-order valence-corrected chi connectivity index (χ2v) is 12.0. The minimum Gasteiger partial charge on any atom is -0.466 e. The normalized spacial score (nSPS) is 32.9. The Bertz CT molecular complexity index is 995. The van der Waals surface area contributed by atoms with Gasteiger partial charge in [-0.25, -0.2) is 0 Å². The zero-order valence-electron chi connectivity index (χ0n) is 21.5. The summed E-state index contributed by atoms with van der Waals surface area (Å²) in [5, 5.41) is 13.5. The van der Waals surface area contributed by atoms with E-state index in [4.69, 9.17) is 4.74 Å². The number of carbonyl (C=O) groups excluding carboxylic acids is 3. The molecule has 8 heteroatoms. The molecule has 3 aliphatic heterocycles. The van der Waals surface area contributed by atoms with Crippen molar-refractivity contribution in [2.24, 2.45) is 23.7 Å². The number of ether oxygens (including phenoxy) is 1. The molecule has 2 N–H and O–H groups in total. The minimum atomic E-state index is -0.783.